The molecule has 81 heavy (non-hydrogen) atoms. The molecule has 6 N–H and O–H groups in total. The van der Waals surface area contributed by atoms with Crippen LogP contribution in [0, 0.1) is 19.1 Å². The van der Waals surface area contributed by atoms with Gasteiger partial charge in [0, 0.05) is 38.8 Å². The van der Waals surface area contributed by atoms with Gasteiger partial charge in [-0.1, -0.05) is 47.3 Å². The van der Waals surface area contributed by atoms with E-state index in [9.17, 15) is 83.0 Å². The number of nitrogens with zero attached hydrogens (tertiary/aromatic N) is 8. The van der Waals surface area contributed by atoms with Crippen LogP contribution in [-0.4, -0.2) is 82.7 Å². The number of hydrogen-bond acceptors (Lipinski definition) is 20. The zero-order valence-electron chi connectivity index (χ0n) is 40.9. The summed E-state index contributed by atoms with van der Waals surface area (Å²) in [4.78, 5) is -4.00. The predicted molar refractivity (Wildman–Crippen MR) is 289 cm³/mol. The molecule has 0 fully saturated rings. The Morgan fingerprint density at radius 3 is 1.27 bits per heavy atom. The Bertz CT molecular complexity index is 4860. The second kappa shape index (κ2) is 22.0. The van der Waals surface area contributed by atoms with Crippen LogP contribution >= 0.6 is 0 Å². The Hall–Kier alpha value is -8.32. The molecule has 0 atom stereocenters. The molecule has 0 saturated carbocycles. The Morgan fingerprint density at radius 1 is 0.358 bits per heavy atom. The van der Waals surface area contributed by atoms with Crippen LogP contribution in [0.1, 0.15) is 22.3 Å². The molecule has 0 aromatic heterocycles. The van der Waals surface area contributed by atoms with Crippen LogP contribution in [0.2, 0.25) is 0 Å². The van der Waals surface area contributed by atoms with Crippen LogP contribution in [0.25, 0.3) is 33.7 Å². The summed E-state index contributed by atoms with van der Waals surface area (Å²) < 4.78 is 206. The standard InChI is InChI=1S/C48H36N8O19S6/c1-27-20-31(13-16-41(27)53-51-32-12-15-38-39(22-32)45(78(64,65)66)19-18-44(38)77(61,62)63)49-50-33-10-8-29(46(24-33)79(67,68)69)6-7-30-9-11-34(25-47(30)80(70,71)72)55-56(57)36-14-17-42(28(2)21-36)54-52-35-23-40-37(48(26-35)81(73,74)75)4-3-5-43(40)76(58,59)60/h3-26H,1-2H3,(H,58,59,60)(H,61,62,63)(H,64,65,66)(H,67,68,69)(H,70,71,72)(H,73,74,75)/b7-6+,50-49?,53-51?,54-52?,56-55?. The van der Waals surface area contributed by atoms with E-state index in [1.54, 1.807) is 6.92 Å². The average molecular weight is 1220 g/mol. The van der Waals surface area contributed by atoms with Crippen LogP contribution in [-0.2, 0) is 60.7 Å². The minimum Gasteiger partial charge on any atom is -0.594 e. The van der Waals surface area contributed by atoms with Crippen molar-refractivity contribution in [1.29, 1.82) is 0 Å². The maximum absolute atomic E-state index is 13.2. The van der Waals surface area contributed by atoms with Crippen molar-refractivity contribution in [3.05, 3.63) is 161 Å². The zero-order chi connectivity index (χ0) is 59.2. The summed E-state index contributed by atoms with van der Waals surface area (Å²) in [7, 11) is -29.5. The lowest BCUT2D eigenvalue weighted by Crippen LogP contribution is -2.03. The maximum atomic E-state index is 13.2. The van der Waals surface area contributed by atoms with E-state index in [1.807, 2.05) is 0 Å². The van der Waals surface area contributed by atoms with E-state index in [0.29, 0.717) is 11.1 Å². The molecule has 0 spiro atoms. The second-order valence-corrected chi connectivity index (χ2v) is 25.5. The van der Waals surface area contributed by atoms with Gasteiger partial charge in [-0.25, -0.2) is 0 Å². The van der Waals surface area contributed by atoms with Gasteiger partial charge >= 0.3 is 0 Å². The molecule has 27 nitrogen and oxygen atoms in total. The highest BCUT2D eigenvalue weighted by Crippen LogP contribution is 2.37. The highest BCUT2D eigenvalue weighted by molar-refractivity contribution is 7.87. The Balaban J connectivity index is 0.997. The van der Waals surface area contributed by atoms with Gasteiger partial charge in [0.05, 0.1) is 34.1 Å². The molecule has 0 saturated heterocycles. The van der Waals surface area contributed by atoms with E-state index >= 15 is 0 Å². The Kier molecular flexibility index (Phi) is 16.0. The first-order valence-electron chi connectivity index (χ1n) is 22.3. The van der Waals surface area contributed by atoms with E-state index in [2.05, 4.69) is 35.8 Å². The molecule has 0 aliphatic heterocycles. The summed E-state index contributed by atoms with van der Waals surface area (Å²) in [6.45, 7) is 3.12. The summed E-state index contributed by atoms with van der Waals surface area (Å²) in [6.07, 6.45) is 2.20. The third kappa shape index (κ3) is 13.6. The summed E-state index contributed by atoms with van der Waals surface area (Å²) in [5.41, 5.74) is 0.311. The fraction of sp³-hybridized carbons (Fsp3) is 0.0417. The maximum Gasteiger partial charge on any atom is 0.295 e. The lowest BCUT2D eigenvalue weighted by molar-refractivity contribution is -0.435. The van der Waals surface area contributed by atoms with Gasteiger partial charge in [-0.05, 0) is 127 Å². The van der Waals surface area contributed by atoms with Gasteiger partial charge in [0.15, 0.2) is 0 Å². The molecule has 0 unspecified atom stereocenters. The second-order valence-electron chi connectivity index (χ2n) is 17.1. The van der Waals surface area contributed by atoms with Crippen LogP contribution in [0.15, 0.2) is 199 Å². The smallest absolute Gasteiger partial charge is 0.295 e. The number of benzene rings is 8. The molecule has 8 rings (SSSR count). The van der Waals surface area contributed by atoms with Gasteiger partial charge in [0.1, 0.15) is 35.1 Å². The molecular weight excluding hydrogens is 1180 g/mol. The third-order valence-corrected chi connectivity index (χ3v) is 17.0. The van der Waals surface area contributed by atoms with Crippen LogP contribution in [0.3, 0.4) is 0 Å². The number of aryl methyl sites for hydroxylation is 2. The zero-order valence-corrected chi connectivity index (χ0v) is 45.8. The quantitative estimate of drug-likeness (QED) is 0.0172. The summed E-state index contributed by atoms with van der Waals surface area (Å²) in [5, 5.41) is 40.5. The molecular formula is C48H36N8O19S6. The third-order valence-electron chi connectivity index (χ3n) is 11.5. The molecule has 418 valence electrons. The van der Waals surface area contributed by atoms with Crippen LogP contribution in [0.5, 0.6) is 0 Å². The molecule has 8 aromatic carbocycles. The monoisotopic (exact) mass is 1220 g/mol. The van der Waals surface area contributed by atoms with Crippen LogP contribution in [0.4, 0.5) is 45.5 Å². The van der Waals surface area contributed by atoms with E-state index in [4.69, 9.17) is 0 Å². The van der Waals surface area contributed by atoms with E-state index in [0.717, 1.165) is 72.8 Å². The molecule has 8 aromatic rings. The topological polar surface area (TPSA) is 439 Å². The Morgan fingerprint density at radius 2 is 0.741 bits per heavy atom. The van der Waals surface area contributed by atoms with E-state index in [-0.39, 0.29) is 83.0 Å². The largest absolute Gasteiger partial charge is 0.594 e. The van der Waals surface area contributed by atoms with Crippen molar-refractivity contribution in [3.63, 3.8) is 0 Å². The van der Waals surface area contributed by atoms with Gasteiger partial charge in [-0.2, -0.15) is 81.2 Å². The molecule has 0 amide bonds. The fourth-order valence-corrected chi connectivity index (χ4v) is 12.1. The number of fused-ring (bicyclic) bond motifs is 2. The van der Waals surface area contributed by atoms with Gasteiger partial charge in [-0.15, -0.1) is 0 Å². The number of rotatable bonds is 16. The van der Waals surface area contributed by atoms with Gasteiger partial charge in [0.2, 0.25) is 5.69 Å². The molecule has 33 heteroatoms. The average Bonchev–Trinajstić information content (AvgIpc) is 3.47. The number of hydrogen-bond donors (Lipinski definition) is 6. The molecule has 0 aliphatic carbocycles. The minimum atomic E-state index is -5.06. The predicted octanol–water partition coefficient (Wildman–Crippen LogP) is 11.4. The molecule has 0 aliphatic rings. The molecule has 0 heterocycles. The van der Waals surface area contributed by atoms with Crippen molar-refractivity contribution in [2.45, 2.75) is 43.2 Å². The van der Waals surface area contributed by atoms with Crippen molar-refractivity contribution in [2.75, 3.05) is 0 Å². The van der Waals surface area contributed by atoms with Gasteiger partial charge < -0.3 is 5.21 Å². The van der Waals surface area contributed by atoms with E-state index in [1.165, 1.54) is 79.7 Å². The van der Waals surface area contributed by atoms with Gasteiger partial charge in [0.25, 0.3) is 60.7 Å². The van der Waals surface area contributed by atoms with Crippen molar-refractivity contribution in [1.82, 2.24) is 0 Å². The van der Waals surface area contributed by atoms with Crippen LogP contribution < -0.4 is 0 Å². The first-order valence-corrected chi connectivity index (χ1v) is 30.9. The lowest BCUT2D eigenvalue weighted by atomic mass is 10.1. The van der Waals surface area contributed by atoms with Gasteiger partial charge in [-0.3, -0.25) is 27.3 Å². The minimum absolute atomic E-state index is 0.0330. The van der Waals surface area contributed by atoms with Crippen molar-refractivity contribution in [3.8, 4) is 0 Å². The SMILES string of the molecule is Cc1cc(N=Nc2ccc(/C=C/c3ccc(N=[N+]([O-])c4ccc(N=Nc5cc(S(=O)(=O)O)c6cccc(S(=O)(=O)O)c6c5)c(C)c4)cc3S(=O)(=O)O)c(S(=O)(=O)O)c2)ccc1N=Nc1ccc2c(S(=O)(=O)O)ccc(S(=O)(=O)O)c2c1. The normalized spacial score (nSPS) is 13.5. The summed E-state index contributed by atoms with van der Waals surface area (Å²) in [5.74, 6) is 0. The lowest BCUT2D eigenvalue weighted by Gasteiger charge is -2.09. The summed E-state index contributed by atoms with van der Waals surface area (Å²) in [6, 6.07) is 25.6. The number of azo groups is 4. The Labute approximate surface area is 459 Å². The molecule has 0 radical (unpaired) electrons. The summed E-state index contributed by atoms with van der Waals surface area (Å²) >= 11 is 0. The fourth-order valence-electron chi connectivity index (χ4n) is 7.86. The van der Waals surface area contributed by atoms with Crippen molar-refractivity contribution in [2.24, 2.45) is 35.8 Å². The van der Waals surface area contributed by atoms with E-state index < -0.39 is 90.1 Å². The van der Waals surface area contributed by atoms with Crippen molar-refractivity contribution >= 4 is 140 Å². The first kappa shape index (κ1) is 58.8. The highest BCUT2D eigenvalue weighted by Gasteiger charge is 2.24. The highest BCUT2D eigenvalue weighted by atomic mass is 32.2. The van der Waals surface area contributed by atoms with Crippen molar-refractivity contribution < 1.29 is 82.7 Å². The first-order chi connectivity index (χ1) is 37.6. The molecule has 0 bridgehead atoms.